The molecule has 4 rings (SSSR count). The molecule has 0 atom stereocenters. The first kappa shape index (κ1) is 19.3. The lowest BCUT2D eigenvalue weighted by atomic mass is 10.1. The fraction of sp³-hybridized carbons (Fsp3) is 0.250. The predicted molar refractivity (Wildman–Crippen MR) is 107 cm³/mol. The minimum absolute atomic E-state index is 0.130. The number of fused-ring (bicyclic) bond motifs is 1. The summed E-state index contributed by atoms with van der Waals surface area (Å²) in [6.45, 7) is 2.33. The molecule has 1 aliphatic heterocycles. The standard InChI is InChI=1S/C20H19ClFN3O2S/c21-18-5-1-2-6-19(18)28(26,27)25-10-8-24(9-11-25)14-16-13-17(22)12-15-4-3-7-23-20(15)16/h1-7,12-13H,8-11,14H2. The van der Waals surface area contributed by atoms with E-state index in [2.05, 4.69) is 9.88 Å². The third-order valence-electron chi connectivity index (χ3n) is 4.93. The average molecular weight is 420 g/mol. The van der Waals surface area contributed by atoms with E-state index in [0.717, 1.165) is 16.5 Å². The summed E-state index contributed by atoms with van der Waals surface area (Å²) in [5, 5.41) is 0.986. The molecule has 0 spiro atoms. The van der Waals surface area contributed by atoms with Gasteiger partial charge in [0.25, 0.3) is 0 Å². The molecule has 0 amide bonds. The van der Waals surface area contributed by atoms with Crippen molar-refractivity contribution in [2.75, 3.05) is 26.2 Å². The van der Waals surface area contributed by atoms with Crippen LogP contribution in [-0.2, 0) is 16.6 Å². The molecule has 5 nitrogen and oxygen atoms in total. The maximum Gasteiger partial charge on any atom is 0.244 e. The van der Waals surface area contributed by atoms with Crippen molar-refractivity contribution in [3.05, 3.63) is 71.1 Å². The molecular weight excluding hydrogens is 401 g/mol. The van der Waals surface area contributed by atoms with Crippen LogP contribution in [0, 0.1) is 5.82 Å². The van der Waals surface area contributed by atoms with Crippen LogP contribution in [-0.4, -0.2) is 48.8 Å². The first-order chi connectivity index (χ1) is 13.4. The highest BCUT2D eigenvalue weighted by Crippen LogP contribution is 2.26. The highest BCUT2D eigenvalue weighted by atomic mass is 35.5. The number of piperazine rings is 1. The molecule has 1 fully saturated rings. The smallest absolute Gasteiger partial charge is 0.244 e. The summed E-state index contributed by atoms with van der Waals surface area (Å²) in [5.74, 6) is -0.296. The molecule has 2 heterocycles. The minimum Gasteiger partial charge on any atom is -0.296 e. The van der Waals surface area contributed by atoms with Gasteiger partial charge in [0, 0.05) is 44.3 Å². The van der Waals surface area contributed by atoms with Gasteiger partial charge < -0.3 is 0 Å². The molecule has 3 aromatic rings. The number of sulfonamides is 1. The summed E-state index contributed by atoms with van der Waals surface area (Å²) < 4.78 is 41.1. The number of halogens is 2. The van der Waals surface area contributed by atoms with Crippen LogP contribution in [0.3, 0.4) is 0 Å². The van der Waals surface area contributed by atoms with Crippen LogP contribution in [0.2, 0.25) is 5.02 Å². The van der Waals surface area contributed by atoms with Crippen LogP contribution in [0.5, 0.6) is 0 Å². The molecular formula is C20H19ClFN3O2S. The number of benzene rings is 2. The van der Waals surface area contributed by atoms with Crippen molar-refractivity contribution in [3.63, 3.8) is 0 Å². The van der Waals surface area contributed by atoms with Crippen LogP contribution in [0.4, 0.5) is 4.39 Å². The fourth-order valence-electron chi connectivity index (χ4n) is 3.51. The number of pyridine rings is 1. The van der Waals surface area contributed by atoms with Gasteiger partial charge in [-0.1, -0.05) is 29.8 Å². The second kappa shape index (κ2) is 7.75. The van der Waals surface area contributed by atoms with Crippen molar-refractivity contribution >= 4 is 32.5 Å². The predicted octanol–water partition coefficient (Wildman–Crippen LogP) is 3.53. The Balaban J connectivity index is 1.49. The highest BCUT2D eigenvalue weighted by molar-refractivity contribution is 7.89. The van der Waals surface area contributed by atoms with Gasteiger partial charge in [-0.15, -0.1) is 0 Å². The molecule has 146 valence electrons. The largest absolute Gasteiger partial charge is 0.296 e. The Hall–Kier alpha value is -2.06. The van der Waals surface area contributed by atoms with Crippen molar-refractivity contribution in [1.29, 1.82) is 0 Å². The molecule has 0 radical (unpaired) electrons. The quantitative estimate of drug-likeness (QED) is 0.649. The van der Waals surface area contributed by atoms with Crippen LogP contribution in [0.15, 0.2) is 59.6 Å². The van der Waals surface area contributed by atoms with E-state index in [1.807, 2.05) is 6.07 Å². The van der Waals surface area contributed by atoms with Gasteiger partial charge in [0.15, 0.2) is 0 Å². The summed E-state index contributed by atoms with van der Waals surface area (Å²) >= 11 is 6.08. The molecule has 0 unspecified atom stereocenters. The molecule has 1 saturated heterocycles. The van der Waals surface area contributed by atoms with Gasteiger partial charge in [-0.25, -0.2) is 12.8 Å². The molecule has 0 bridgehead atoms. The molecule has 0 aliphatic carbocycles. The monoisotopic (exact) mass is 419 g/mol. The Labute approximate surface area is 168 Å². The lowest BCUT2D eigenvalue weighted by Gasteiger charge is -2.34. The van der Waals surface area contributed by atoms with Crippen molar-refractivity contribution in [1.82, 2.24) is 14.2 Å². The Bertz CT molecular complexity index is 1120. The van der Waals surface area contributed by atoms with Gasteiger partial charge >= 0.3 is 0 Å². The van der Waals surface area contributed by atoms with E-state index in [1.54, 1.807) is 30.5 Å². The first-order valence-corrected chi connectivity index (χ1v) is 10.8. The van der Waals surface area contributed by atoms with Crippen molar-refractivity contribution in [2.45, 2.75) is 11.4 Å². The van der Waals surface area contributed by atoms with Gasteiger partial charge in [0.2, 0.25) is 10.0 Å². The number of hydrogen-bond donors (Lipinski definition) is 0. The maximum atomic E-state index is 13.9. The van der Waals surface area contributed by atoms with Crippen LogP contribution in [0.25, 0.3) is 10.9 Å². The maximum absolute atomic E-state index is 13.9. The topological polar surface area (TPSA) is 53.5 Å². The normalized spacial score (nSPS) is 16.5. The van der Waals surface area contributed by atoms with E-state index in [-0.39, 0.29) is 15.7 Å². The third kappa shape index (κ3) is 3.75. The van der Waals surface area contributed by atoms with Crippen LogP contribution in [0.1, 0.15) is 5.56 Å². The number of rotatable bonds is 4. The molecule has 0 N–H and O–H groups in total. The summed E-state index contributed by atoms with van der Waals surface area (Å²) in [5.41, 5.74) is 1.58. The van der Waals surface area contributed by atoms with Gasteiger partial charge in [-0.3, -0.25) is 9.88 Å². The zero-order valence-electron chi connectivity index (χ0n) is 15.1. The second-order valence-electron chi connectivity index (χ2n) is 6.75. The Morgan fingerprint density at radius 2 is 1.79 bits per heavy atom. The van der Waals surface area contributed by atoms with Crippen LogP contribution >= 0.6 is 11.6 Å². The lowest BCUT2D eigenvalue weighted by Crippen LogP contribution is -2.48. The Morgan fingerprint density at radius 3 is 2.54 bits per heavy atom. The van der Waals surface area contributed by atoms with E-state index < -0.39 is 10.0 Å². The van der Waals surface area contributed by atoms with Crippen LogP contribution < -0.4 is 0 Å². The minimum atomic E-state index is -3.63. The SMILES string of the molecule is O=S(=O)(c1ccccc1Cl)N1CCN(Cc2cc(F)cc3cccnc23)CC1. The number of nitrogens with zero attached hydrogens (tertiary/aromatic N) is 3. The lowest BCUT2D eigenvalue weighted by molar-refractivity contribution is 0.182. The average Bonchev–Trinajstić information content (AvgIpc) is 2.68. The number of hydrogen-bond acceptors (Lipinski definition) is 4. The fourth-order valence-corrected chi connectivity index (χ4v) is 5.43. The second-order valence-corrected chi connectivity index (χ2v) is 9.06. The van der Waals surface area contributed by atoms with Gasteiger partial charge in [0.1, 0.15) is 10.7 Å². The van der Waals surface area contributed by atoms with E-state index in [4.69, 9.17) is 11.6 Å². The molecule has 2 aromatic carbocycles. The Morgan fingerprint density at radius 1 is 1.04 bits per heavy atom. The van der Waals surface area contributed by atoms with Crippen molar-refractivity contribution < 1.29 is 12.8 Å². The summed E-state index contributed by atoms with van der Waals surface area (Å²) in [6, 6.07) is 13.1. The van der Waals surface area contributed by atoms with Gasteiger partial charge in [-0.2, -0.15) is 4.31 Å². The highest BCUT2D eigenvalue weighted by Gasteiger charge is 2.30. The summed E-state index contributed by atoms with van der Waals surface area (Å²) in [4.78, 5) is 6.62. The van der Waals surface area contributed by atoms with E-state index >= 15 is 0 Å². The van der Waals surface area contributed by atoms with E-state index in [0.29, 0.717) is 32.7 Å². The Kier molecular flexibility index (Phi) is 5.33. The van der Waals surface area contributed by atoms with Gasteiger partial charge in [0.05, 0.1) is 10.5 Å². The molecule has 1 aliphatic rings. The van der Waals surface area contributed by atoms with Gasteiger partial charge in [-0.05, 0) is 35.9 Å². The zero-order valence-corrected chi connectivity index (χ0v) is 16.6. The van der Waals surface area contributed by atoms with Crippen molar-refractivity contribution in [2.24, 2.45) is 0 Å². The third-order valence-corrected chi connectivity index (χ3v) is 7.33. The van der Waals surface area contributed by atoms with Crippen molar-refractivity contribution in [3.8, 4) is 0 Å². The molecule has 0 saturated carbocycles. The first-order valence-electron chi connectivity index (χ1n) is 8.95. The molecule has 1 aromatic heterocycles. The molecule has 28 heavy (non-hydrogen) atoms. The molecule has 8 heteroatoms. The van der Waals surface area contributed by atoms with E-state index in [9.17, 15) is 12.8 Å². The van der Waals surface area contributed by atoms with E-state index in [1.165, 1.54) is 22.5 Å². The summed E-state index contributed by atoms with van der Waals surface area (Å²) in [7, 11) is -3.63. The number of aromatic nitrogens is 1. The zero-order chi connectivity index (χ0) is 19.7. The summed E-state index contributed by atoms with van der Waals surface area (Å²) in [6.07, 6.45) is 1.69.